The van der Waals surface area contributed by atoms with Crippen molar-refractivity contribution < 1.29 is 9.84 Å². The van der Waals surface area contributed by atoms with Crippen molar-refractivity contribution in [1.82, 2.24) is 4.98 Å². The number of nitrogens with zero attached hydrogens (tertiary/aromatic N) is 1. The van der Waals surface area contributed by atoms with Crippen molar-refractivity contribution >= 4 is 35.1 Å². The molecular formula is C19H16ClNO2S. The first-order chi connectivity index (χ1) is 11.6. The predicted molar refractivity (Wildman–Crippen MR) is 101 cm³/mol. The van der Waals surface area contributed by atoms with Gasteiger partial charge >= 0.3 is 0 Å². The van der Waals surface area contributed by atoms with Gasteiger partial charge in [-0.15, -0.1) is 11.3 Å². The number of rotatable bonds is 4. The SMILES string of the molecule is COc1cc(/C=C/c2nc(-c3ccc(C)cc3)cs2)cc(Cl)c1O. The molecule has 0 aliphatic carbocycles. The van der Waals surface area contributed by atoms with Gasteiger partial charge in [-0.3, -0.25) is 0 Å². The Kier molecular flexibility index (Phi) is 4.88. The summed E-state index contributed by atoms with van der Waals surface area (Å²) >= 11 is 7.57. The maximum Gasteiger partial charge on any atom is 0.176 e. The number of phenols is 1. The summed E-state index contributed by atoms with van der Waals surface area (Å²) in [6.45, 7) is 2.07. The topological polar surface area (TPSA) is 42.4 Å². The van der Waals surface area contributed by atoms with Crippen molar-refractivity contribution in [3.8, 4) is 22.8 Å². The molecule has 24 heavy (non-hydrogen) atoms. The van der Waals surface area contributed by atoms with Crippen molar-refractivity contribution in [3.63, 3.8) is 0 Å². The second kappa shape index (κ2) is 7.07. The lowest BCUT2D eigenvalue weighted by atomic mass is 10.1. The molecule has 1 N–H and O–H groups in total. The normalized spacial score (nSPS) is 11.1. The Labute approximate surface area is 149 Å². The molecule has 0 amide bonds. The van der Waals surface area contributed by atoms with Crippen molar-refractivity contribution in [3.05, 3.63) is 62.9 Å². The third kappa shape index (κ3) is 3.61. The zero-order valence-electron chi connectivity index (χ0n) is 13.3. The number of methoxy groups -OCH3 is 1. The van der Waals surface area contributed by atoms with Gasteiger partial charge in [0.1, 0.15) is 5.01 Å². The van der Waals surface area contributed by atoms with Crippen molar-refractivity contribution in [2.24, 2.45) is 0 Å². The molecule has 0 unspecified atom stereocenters. The monoisotopic (exact) mass is 357 g/mol. The summed E-state index contributed by atoms with van der Waals surface area (Å²) in [4.78, 5) is 4.63. The van der Waals surface area contributed by atoms with E-state index >= 15 is 0 Å². The number of aromatic hydroxyl groups is 1. The smallest absolute Gasteiger partial charge is 0.176 e. The first kappa shape index (κ1) is 16.6. The van der Waals surface area contributed by atoms with Gasteiger partial charge in [-0.2, -0.15) is 0 Å². The number of ether oxygens (including phenoxy) is 1. The zero-order chi connectivity index (χ0) is 17.1. The van der Waals surface area contributed by atoms with Gasteiger partial charge in [0.2, 0.25) is 0 Å². The number of aromatic nitrogens is 1. The highest BCUT2D eigenvalue weighted by Crippen LogP contribution is 2.35. The quantitative estimate of drug-likeness (QED) is 0.655. The third-order valence-corrected chi connectivity index (χ3v) is 4.66. The molecule has 3 rings (SSSR count). The average Bonchev–Trinajstić information content (AvgIpc) is 3.05. The standard InChI is InChI=1S/C19H16ClNO2S/c1-12-3-6-14(7-4-12)16-11-24-18(21-16)8-5-13-9-15(20)19(22)17(10-13)23-2/h3-11,22H,1-2H3/b8-5+. The Hall–Kier alpha value is -2.30. The van der Waals surface area contributed by atoms with Crippen LogP contribution in [-0.2, 0) is 0 Å². The van der Waals surface area contributed by atoms with Gasteiger partial charge in [0, 0.05) is 10.9 Å². The molecule has 1 heterocycles. The number of hydrogen-bond acceptors (Lipinski definition) is 4. The predicted octanol–water partition coefficient (Wildman–Crippen LogP) is 5.66. The molecule has 0 fully saturated rings. The molecule has 0 radical (unpaired) electrons. The first-order valence-electron chi connectivity index (χ1n) is 7.34. The lowest BCUT2D eigenvalue weighted by molar-refractivity contribution is 0.373. The number of thiazole rings is 1. The molecule has 5 heteroatoms. The molecule has 0 aliphatic heterocycles. The molecule has 0 aliphatic rings. The summed E-state index contributed by atoms with van der Waals surface area (Å²) in [5.41, 5.74) is 4.13. The highest BCUT2D eigenvalue weighted by atomic mass is 35.5. The molecule has 1 aromatic heterocycles. The van der Waals surface area contributed by atoms with E-state index in [2.05, 4.69) is 36.2 Å². The summed E-state index contributed by atoms with van der Waals surface area (Å²) in [6.07, 6.45) is 3.82. The van der Waals surface area contributed by atoms with E-state index in [1.54, 1.807) is 23.5 Å². The lowest BCUT2D eigenvalue weighted by Gasteiger charge is -2.06. The highest BCUT2D eigenvalue weighted by Gasteiger charge is 2.08. The van der Waals surface area contributed by atoms with Gasteiger partial charge in [0.15, 0.2) is 11.5 Å². The maximum atomic E-state index is 9.76. The summed E-state index contributed by atoms with van der Waals surface area (Å²) in [5, 5.41) is 13.0. The molecule has 0 saturated carbocycles. The molecule has 122 valence electrons. The molecule has 2 aromatic carbocycles. The van der Waals surface area contributed by atoms with E-state index in [1.165, 1.54) is 12.7 Å². The van der Waals surface area contributed by atoms with E-state index in [1.807, 2.05) is 17.5 Å². The Morgan fingerprint density at radius 1 is 1.17 bits per heavy atom. The van der Waals surface area contributed by atoms with Gasteiger partial charge in [0.05, 0.1) is 17.8 Å². The minimum absolute atomic E-state index is 0.0489. The van der Waals surface area contributed by atoms with Gasteiger partial charge in [-0.05, 0) is 30.7 Å². The zero-order valence-corrected chi connectivity index (χ0v) is 14.9. The van der Waals surface area contributed by atoms with Gasteiger partial charge in [-0.25, -0.2) is 4.98 Å². The fourth-order valence-corrected chi connectivity index (χ4v) is 3.17. The Bertz CT molecular complexity index is 885. The van der Waals surface area contributed by atoms with Crippen LogP contribution in [0.4, 0.5) is 0 Å². The van der Waals surface area contributed by atoms with Crippen molar-refractivity contribution in [2.75, 3.05) is 7.11 Å². The van der Waals surface area contributed by atoms with Crippen LogP contribution in [0.2, 0.25) is 5.02 Å². The van der Waals surface area contributed by atoms with Gasteiger partial charge < -0.3 is 9.84 Å². The van der Waals surface area contributed by atoms with Crippen molar-refractivity contribution in [1.29, 1.82) is 0 Å². The van der Waals surface area contributed by atoms with Crippen LogP contribution in [0.15, 0.2) is 41.8 Å². The minimum atomic E-state index is -0.0489. The second-order valence-corrected chi connectivity index (χ2v) is 6.62. The fraction of sp³-hybridized carbons (Fsp3) is 0.105. The second-order valence-electron chi connectivity index (χ2n) is 5.32. The number of aryl methyl sites for hydroxylation is 1. The molecule has 0 saturated heterocycles. The fourth-order valence-electron chi connectivity index (χ4n) is 2.23. The summed E-state index contributed by atoms with van der Waals surface area (Å²) in [7, 11) is 1.49. The van der Waals surface area contributed by atoms with E-state index in [9.17, 15) is 5.11 Å². The van der Waals surface area contributed by atoms with Crippen molar-refractivity contribution in [2.45, 2.75) is 6.92 Å². The van der Waals surface area contributed by atoms with Gasteiger partial charge in [-0.1, -0.05) is 47.5 Å². The third-order valence-electron chi connectivity index (χ3n) is 3.56. The van der Waals surface area contributed by atoms with E-state index < -0.39 is 0 Å². The van der Waals surface area contributed by atoms with E-state index in [-0.39, 0.29) is 10.8 Å². The molecule has 0 bridgehead atoms. The number of halogens is 1. The summed E-state index contributed by atoms with van der Waals surface area (Å²) in [6, 6.07) is 11.7. The van der Waals surface area contributed by atoms with Gasteiger partial charge in [0.25, 0.3) is 0 Å². The Balaban J connectivity index is 1.83. The number of hydrogen-bond donors (Lipinski definition) is 1. The lowest BCUT2D eigenvalue weighted by Crippen LogP contribution is -1.85. The first-order valence-corrected chi connectivity index (χ1v) is 8.60. The minimum Gasteiger partial charge on any atom is -0.503 e. The molecular weight excluding hydrogens is 342 g/mol. The van der Waals surface area contributed by atoms with Crippen LogP contribution in [0.3, 0.4) is 0 Å². The van der Waals surface area contributed by atoms with Crippen LogP contribution in [-0.4, -0.2) is 17.2 Å². The van der Waals surface area contributed by atoms with Crippen LogP contribution >= 0.6 is 22.9 Å². The summed E-state index contributed by atoms with van der Waals surface area (Å²) < 4.78 is 5.11. The molecule has 0 atom stereocenters. The van der Waals surface area contributed by atoms with Crippen LogP contribution in [0, 0.1) is 6.92 Å². The van der Waals surface area contributed by atoms with E-state index in [4.69, 9.17) is 16.3 Å². The summed E-state index contributed by atoms with van der Waals surface area (Å²) in [5.74, 6) is 0.300. The highest BCUT2D eigenvalue weighted by molar-refractivity contribution is 7.10. The van der Waals surface area contributed by atoms with E-state index in [0.29, 0.717) is 5.75 Å². The van der Waals surface area contributed by atoms with Crippen LogP contribution in [0.5, 0.6) is 11.5 Å². The van der Waals surface area contributed by atoms with Crippen LogP contribution in [0.25, 0.3) is 23.4 Å². The number of phenolic OH excluding ortho intramolecular Hbond substituents is 1. The average molecular weight is 358 g/mol. The molecule has 3 nitrogen and oxygen atoms in total. The Morgan fingerprint density at radius 3 is 2.62 bits per heavy atom. The molecule has 0 spiro atoms. The maximum absolute atomic E-state index is 9.76. The number of benzene rings is 2. The largest absolute Gasteiger partial charge is 0.503 e. The molecule has 3 aromatic rings. The van der Waals surface area contributed by atoms with E-state index in [0.717, 1.165) is 21.8 Å². The van der Waals surface area contributed by atoms with Crippen LogP contribution in [0.1, 0.15) is 16.1 Å². The Morgan fingerprint density at radius 2 is 1.92 bits per heavy atom. The van der Waals surface area contributed by atoms with Crippen LogP contribution < -0.4 is 4.74 Å².